The van der Waals surface area contributed by atoms with E-state index in [0.717, 1.165) is 35.9 Å². The molecule has 0 aliphatic carbocycles. The van der Waals surface area contributed by atoms with Gasteiger partial charge in [-0.2, -0.15) is 9.83 Å². The molecule has 40 heavy (non-hydrogen) atoms. The minimum absolute atomic E-state index is 0.00947. The smallest absolute Gasteiger partial charge is 0.343 e. The first-order chi connectivity index (χ1) is 19.1. The van der Waals surface area contributed by atoms with Gasteiger partial charge in [-0.05, 0) is 57.6 Å². The molecule has 0 fully saturated rings. The van der Waals surface area contributed by atoms with Crippen molar-refractivity contribution in [3.05, 3.63) is 101 Å². The number of H-pyrrole nitrogens is 1. The molecule has 0 atom stereocenters. The molecule has 4 rings (SSSR count). The largest absolute Gasteiger partial charge is 0.358 e. The average Bonchev–Trinajstić information content (AvgIpc) is 3.56. The van der Waals surface area contributed by atoms with E-state index in [0.29, 0.717) is 20.1 Å². The van der Waals surface area contributed by atoms with Gasteiger partial charge in [0.1, 0.15) is 18.9 Å². The Bertz CT molecular complexity index is 1580. The first-order valence-electron chi connectivity index (χ1n) is 10.7. The van der Waals surface area contributed by atoms with Crippen LogP contribution in [0.1, 0.15) is 6.42 Å². The Morgan fingerprint density at radius 1 is 0.775 bits per heavy atom. The summed E-state index contributed by atoms with van der Waals surface area (Å²) in [5.41, 5.74) is -0.0482. The number of imidazole rings is 2. The monoisotopic (exact) mass is 585 g/mol. The minimum Gasteiger partial charge on any atom is -0.358 e. The van der Waals surface area contributed by atoms with Crippen LogP contribution in [0.4, 0.5) is 23.0 Å². The number of nitrogens with one attached hydrogen (secondary N) is 1. The molecule has 1 N–H and O–H groups in total. The van der Waals surface area contributed by atoms with Gasteiger partial charge in [-0.3, -0.25) is 20.2 Å². The fourth-order valence-corrected chi connectivity index (χ4v) is 4.52. The Kier molecular flexibility index (Phi) is 9.82. The lowest BCUT2D eigenvalue weighted by atomic mass is 10.3. The van der Waals surface area contributed by atoms with Gasteiger partial charge in [-0.25, -0.2) is 15.0 Å². The zero-order valence-electron chi connectivity index (χ0n) is 19.8. The number of aromatic amines is 1. The van der Waals surface area contributed by atoms with Crippen molar-refractivity contribution in [2.75, 3.05) is 0 Å². The molecule has 0 amide bonds. The van der Waals surface area contributed by atoms with Crippen LogP contribution in [0.5, 0.6) is 0 Å². The van der Waals surface area contributed by atoms with Crippen molar-refractivity contribution in [3.8, 4) is 6.07 Å². The average molecular weight is 586 g/mol. The van der Waals surface area contributed by atoms with E-state index in [4.69, 9.17) is 5.26 Å². The third-order valence-electron chi connectivity index (χ3n) is 4.69. The maximum absolute atomic E-state index is 10.9. The zero-order valence-corrected chi connectivity index (χ0v) is 21.5. The molecule has 0 saturated heterocycles. The molecule has 2 aromatic carbocycles. The van der Waals surface area contributed by atoms with Crippen LogP contribution in [0.15, 0.2) is 81.0 Å². The second-order valence-electron chi connectivity index (χ2n) is 7.25. The van der Waals surface area contributed by atoms with Crippen molar-refractivity contribution < 1.29 is 19.7 Å². The highest BCUT2D eigenvalue weighted by Crippen LogP contribution is 2.31. The highest BCUT2D eigenvalue weighted by Gasteiger charge is 2.21. The summed E-state index contributed by atoms with van der Waals surface area (Å²) >= 11 is 2.29. The number of nitrogens with zero attached hydrogens (tertiary/aromatic N) is 8. The number of nitro groups is 4. The van der Waals surface area contributed by atoms with Crippen molar-refractivity contribution in [2.24, 2.45) is 0 Å². The van der Waals surface area contributed by atoms with Crippen LogP contribution >= 0.6 is 23.5 Å². The van der Waals surface area contributed by atoms with E-state index in [9.17, 15) is 40.5 Å². The van der Waals surface area contributed by atoms with Gasteiger partial charge in [-0.1, -0.05) is 0 Å². The van der Waals surface area contributed by atoms with Crippen molar-refractivity contribution >= 4 is 46.5 Å². The first kappa shape index (κ1) is 29.2. The number of benzene rings is 2. The first-order valence-corrected chi connectivity index (χ1v) is 12.3. The third-order valence-corrected chi connectivity index (χ3v) is 6.61. The lowest BCUT2D eigenvalue weighted by molar-refractivity contribution is -0.392. The molecule has 2 aromatic heterocycles. The van der Waals surface area contributed by atoms with Crippen LogP contribution in [0, 0.1) is 51.8 Å². The minimum atomic E-state index is -0.576. The molecule has 4 aromatic rings. The molecule has 0 bridgehead atoms. The van der Waals surface area contributed by atoms with Gasteiger partial charge in [0, 0.05) is 34.1 Å². The summed E-state index contributed by atoms with van der Waals surface area (Å²) in [6, 6.07) is 13.5. The fourth-order valence-electron chi connectivity index (χ4n) is 2.88. The third kappa shape index (κ3) is 7.83. The van der Waals surface area contributed by atoms with Crippen LogP contribution in [-0.2, 0) is 6.54 Å². The summed E-state index contributed by atoms with van der Waals surface area (Å²) in [4.78, 5) is 52.0. The van der Waals surface area contributed by atoms with Crippen molar-refractivity contribution in [1.29, 1.82) is 5.26 Å². The van der Waals surface area contributed by atoms with Gasteiger partial charge < -0.3 is 20.2 Å². The van der Waals surface area contributed by atoms with E-state index < -0.39 is 19.7 Å². The van der Waals surface area contributed by atoms with Gasteiger partial charge in [0.2, 0.25) is 0 Å². The molecule has 0 saturated carbocycles. The Morgan fingerprint density at radius 3 is 1.77 bits per heavy atom. The van der Waals surface area contributed by atoms with Gasteiger partial charge in [0.05, 0.1) is 22.3 Å². The SMILES string of the molecule is N#CCCn1c([N+](=O)[O-])cnc1Sc1ccc([N+](=O)[O-])cc1.O=[N+]([O-])c1ccc(Sc2ncc([N+](=O)[O-])[nH]2)cc1. The van der Waals surface area contributed by atoms with Gasteiger partial charge >= 0.3 is 11.6 Å². The van der Waals surface area contributed by atoms with E-state index >= 15 is 0 Å². The summed E-state index contributed by atoms with van der Waals surface area (Å²) in [7, 11) is 0. The number of hydrogen-bond acceptors (Lipinski definition) is 13. The number of rotatable bonds is 10. The van der Waals surface area contributed by atoms with E-state index in [1.807, 2.05) is 6.07 Å². The molecule has 0 unspecified atom stereocenters. The highest BCUT2D eigenvalue weighted by molar-refractivity contribution is 7.99. The van der Waals surface area contributed by atoms with Crippen LogP contribution in [0.3, 0.4) is 0 Å². The molecule has 0 radical (unpaired) electrons. The molecule has 204 valence electrons. The molecule has 0 spiro atoms. The van der Waals surface area contributed by atoms with Gasteiger partial charge in [0.25, 0.3) is 21.7 Å². The van der Waals surface area contributed by atoms with E-state index in [1.165, 1.54) is 41.0 Å². The normalized spacial score (nSPS) is 10.2. The number of aromatic nitrogens is 4. The number of nitriles is 1. The second-order valence-corrected chi connectivity index (χ2v) is 9.36. The van der Waals surface area contributed by atoms with E-state index in [-0.39, 0.29) is 36.0 Å². The molecule has 19 heteroatoms. The maximum atomic E-state index is 10.9. The van der Waals surface area contributed by atoms with Crippen molar-refractivity contribution in [2.45, 2.75) is 33.1 Å². The number of hydrogen-bond donors (Lipinski definition) is 1. The van der Waals surface area contributed by atoms with Crippen LogP contribution in [0.2, 0.25) is 0 Å². The van der Waals surface area contributed by atoms with Crippen molar-refractivity contribution in [3.63, 3.8) is 0 Å². The topological polar surface area (TPSA) is 243 Å². The van der Waals surface area contributed by atoms with Crippen LogP contribution < -0.4 is 0 Å². The molecule has 0 aliphatic rings. The summed E-state index contributed by atoms with van der Waals surface area (Å²) in [5, 5.41) is 51.8. The summed E-state index contributed by atoms with van der Waals surface area (Å²) in [6.45, 7) is 0.155. The molecular weight excluding hydrogens is 570 g/mol. The lowest BCUT2D eigenvalue weighted by Gasteiger charge is -2.02. The highest BCUT2D eigenvalue weighted by atomic mass is 32.2. The van der Waals surface area contributed by atoms with Crippen LogP contribution in [0.25, 0.3) is 0 Å². The lowest BCUT2D eigenvalue weighted by Crippen LogP contribution is -2.04. The van der Waals surface area contributed by atoms with Crippen LogP contribution in [-0.4, -0.2) is 39.2 Å². The summed E-state index contributed by atoms with van der Waals surface area (Å²) < 4.78 is 1.34. The van der Waals surface area contributed by atoms with E-state index in [2.05, 4.69) is 15.0 Å². The Morgan fingerprint density at radius 2 is 1.32 bits per heavy atom. The fraction of sp³-hybridized carbons (Fsp3) is 0.0952. The molecule has 0 aliphatic heterocycles. The predicted molar refractivity (Wildman–Crippen MR) is 139 cm³/mol. The predicted octanol–water partition coefficient (Wildman–Crippen LogP) is 5.14. The van der Waals surface area contributed by atoms with Crippen molar-refractivity contribution in [1.82, 2.24) is 19.5 Å². The zero-order chi connectivity index (χ0) is 29.2. The van der Waals surface area contributed by atoms with Gasteiger partial charge in [0.15, 0.2) is 0 Å². The molecular formula is C21H15N9O8S2. The molecule has 2 heterocycles. The molecule has 17 nitrogen and oxygen atoms in total. The summed E-state index contributed by atoms with van der Waals surface area (Å²) in [6.07, 6.45) is 2.36. The summed E-state index contributed by atoms with van der Waals surface area (Å²) in [5.74, 6) is -0.390. The Labute approximate surface area is 231 Å². The Hall–Kier alpha value is -5.35. The maximum Gasteiger partial charge on any atom is 0.343 e. The van der Waals surface area contributed by atoms with Gasteiger partial charge in [-0.15, -0.1) is 0 Å². The second kappa shape index (κ2) is 13.4. The number of non-ortho nitro benzene ring substituents is 2. The van der Waals surface area contributed by atoms with E-state index in [1.54, 1.807) is 12.1 Å². The quantitative estimate of drug-likeness (QED) is 0.187. The number of nitro benzene ring substituents is 2. The Balaban J connectivity index is 0.000000225. The standard InChI is InChI=1S/C12H9N5O4S.C9H6N4O4S/c13-6-1-7-15-11(17(20)21)8-14-12(15)22-10-4-2-9(3-5-10)16(18)19;14-12(15)6-1-3-7(4-2-6)18-9-10-5-8(11-9)13(16)17/h2-5,8H,1,7H2;1-5H,(H,10,11).